The van der Waals surface area contributed by atoms with Gasteiger partial charge in [-0.05, 0) is 43.3 Å². The molecule has 1 amide bonds. The number of carbonyl (C=O) groups is 1. The number of benzene rings is 1. The van der Waals surface area contributed by atoms with E-state index in [1.54, 1.807) is 11.3 Å². The largest absolute Gasteiger partial charge is 0.337 e. The van der Waals surface area contributed by atoms with Gasteiger partial charge in [0.2, 0.25) is 0 Å². The topological polar surface area (TPSA) is 45.2 Å². The quantitative estimate of drug-likeness (QED) is 0.663. The number of rotatable bonds is 6. The Bertz CT molecular complexity index is 726. The molecule has 2 heterocycles. The van der Waals surface area contributed by atoms with Crippen molar-refractivity contribution in [1.82, 2.24) is 15.2 Å². The second kappa shape index (κ2) is 11.8. The smallest absolute Gasteiger partial charge is 0.273 e. The van der Waals surface area contributed by atoms with E-state index in [1.807, 2.05) is 10.3 Å². The fourth-order valence-corrected chi connectivity index (χ4v) is 4.17. The molecular weight excluding hydrogens is 413 g/mol. The van der Waals surface area contributed by atoms with Gasteiger partial charge < -0.3 is 10.2 Å². The number of nitrogens with zero attached hydrogens (tertiary/aromatic N) is 2. The molecule has 1 N–H and O–H groups in total. The SMILES string of the molecule is CCNCC1CCN(C(=O)c2csc(-c3ccc(C(C)C)cc3)n2)CC1.Cl.Cl. The molecule has 1 aliphatic rings. The molecule has 2 aromatic rings. The van der Waals surface area contributed by atoms with Crippen LogP contribution >= 0.6 is 36.2 Å². The zero-order chi connectivity index (χ0) is 18.5. The van der Waals surface area contributed by atoms with Gasteiger partial charge in [0.1, 0.15) is 10.7 Å². The van der Waals surface area contributed by atoms with Crippen LogP contribution in [0, 0.1) is 5.92 Å². The molecule has 28 heavy (non-hydrogen) atoms. The van der Waals surface area contributed by atoms with Crippen LogP contribution in [0.3, 0.4) is 0 Å². The summed E-state index contributed by atoms with van der Waals surface area (Å²) in [7, 11) is 0. The highest BCUT2D eigenvalue weighted by molar-refractivity contribution is 7.13. The molecule has 1 aromatic carbocycles. The monoisotopic (exact) mass is 443 g/mol. The summed E-state index contributed by atoms with van der Waals surface area (Å²) in [5, 5.41) is 6.24. The lowest BCUT2D eigenvalue weighted by Crippen LogP contribution is -2.40. The van der Waals surface area contributed by atoms with E-state index in [1.165, 1.54) is 5.56 Å². The van der Waals surface area contributed by atoms with E-state index in [-0.39, 0.29) is 30.7 Å². The summed E-state index contributed by atoms with van der Waals surface area (Å²) >= 11 is 1.55. The maximum absolute atomic E-state index is 12.8. The Morgan fingerprint density at radius 3 is 2.43 bits per heavy atom. The molecule has 7 heteroatoms. The molecule has 1 aliphatic heterocycles. The van der Waals surface area contributed by atoms with Crippen molar-refractivity contribution in [1.29, 1.82) is 0 Å². The Kier molecular flexibility index (Phi) is 10.5. The van der Waals surface area contributed by atoms with Crippen LogP contribution in [0.1, 0.15) is 55.6 Å². The third kappa shape index (κ3) is 6.18. The van der Waals surface area contributed by atoms with E-state index in [0.717, 1.165) is 49.6 Å². The fourth-order valence-electron chi connectivity index (χ4n) is 3.37. The zero-order valence-corrected chi connectivity index (χ0v) is 19.3. The van der Waals surface area contributed by atoms with Crippen LogP contribution in [-0.2, 0) is 0 Å². The van der Waals surface area contributed by atoms with Crippen molar-refractivity contribution in [2.24, 2.45) is 5.92 Å². The second-order valence-corrected chi connectivity index (χ2v) is 8.22. The number of thiazole rings is 1. The molecule has 0 bridgehead atoms. The van der Waals surface area contributed by atoms with Crippen LogP contribution in [0.25, 0.3) is 10.6 Å². The number of likely N-dealkylation sites (tertiary alicyclic amines) is 1. The van der Waals surface area contributed by atoms with E-state index in [4.69, 9.17) is 0 Å². The average molecular weight is 444 g/mol. The third-order valence-electron chi connectivity index (χ3n) is 5.13. The number of hydrogen-bond acceptors (Lipinski definition) is 4. The van der Waals surface area contributed by atoms with Crippen LogP contribution in [0.2, 0.25) is 0 Å². The van der Waals surface area contributed by atoms with Gasteiger partial charge in [-0.1, -0.05) is 45.0 Å². The summed E-state index contributed by atoms with van der Waals surface area (Å²) in [6, 6.07) is 8.51. The Balaban J connectivity index is 0.00000196. The maximum Gasteiger partial charge on any atom is 0.273 e. The van der Waals surface area contributed by atoms with Gasteiger partial charge in [0, 0.05) is 24.0 Å². The summed E-state index contributed by atoms with van der Waals surface area (Å²) in [4.78, 5) is 19.3. The molecule has 0 atom stereocenters. The molecule has 0 spiro atoms. The number of carbonyl (C=O) groups excluding carboxylic acids is 1. The lowest BCUT2D eigenvalue weighted by atomic mass is 9.96. The van der Waals surface area contributed by atoms with Crippen LogP contribution in [0.5, 0.6) is 0 Å². The van der Waals surface area contributed by atoms with Gasteiger partial charge in [-0.3, -0.25) is 4.79 Å². The Hall–Kier alpha value is -1.14. The van der Waals surface area contributed by atoms with E-state index in [2.05, 4.69) is 55.3 Å². The highest BCUT2D eigenvalue weighted by atomic mass is 35.5. The highest BCUT2D eigenvalue weighted by Crippen LogP contribution is 2.27. The molecule has 4 nitrogen and oxygen atoms in total. The normalized spacial score (nSPS) is 14.5. The molecule has 156 valence electrons. The van der Waals surface area contributed by atoms with E-state index >= 15 is 0 Å². The minimum absolute atomic E-state index is 0. The predicted molar refractivity (Wildman–Crippen MR) is 123 cm³/mol. The summed E-state index contributed by atoms with van der Waals surface area (Å²) in [6.07, 6.45) is 2.15. The first-order valence-corrected chi connectivity index (χ1v) is 10.5. The van der Waals surface area contributed by atoms with Crippen molar-refractivity contribution in [3.63, 3.8) is 0 Å². The standard InChI is InChI=1S/C21H29N3OS.2ClH/c1-4-22-13-16-9-11-24(12-10-16)21(25)19-14-26-20(23-19)18-7-5-17(6-8-18)15(2)3;;/h5-8,14-16,22H,4,9-13H2,1-3H3;2*1H. The lowest BCUT2D eigenvalue weighted by molar-refractivity contribution is 0.0685. The third-order valence-corrected chi connectivity index (χ3v) is 6.02. The number of hydrogen-bond donors (Lipinski definition) is 1. The second-order valence-electron chi connectivity index (χ2n) is 7.36. The van der Waals surface area contributed by atoms with Crippen molar-refractivity contribution < 1.29 is 4.79 Å². The number of amides is 1. The summed E-state index contributed by atoms with van der Waals surface area (Å²) in [5.41, 5.74) is 2.99. The van der Waals surface area contributed by atoms with Gasteiger partial charge >= 0.3 is 0 Å². The number of halogens is 2. The van der Waals surface area contributed by atoms with Crippen molar-refractivity contribution in [3.8, 4) is 10.6 Å². The van der Waals surface area contributed by atoms with Crippen LogP contribution < -0.4 is 5.32 Å². The molecule has 0 unspecified atom stereocenters. The van der Waals surface area contributed by atoms with Gasteiger partial charge in [-0.25, -0.2) is 4.98 Å². The number of piperidine rings is 1. The van der Waals surface area contributed by atoms with Crippen molar-refractivity contribution in [3.05, 3.63) is 40.9 Å². The van der Waals surface area contributed by atoms with E-state index in [0.29, 0.717) is 17.5 Å². The molecule has 0 radical (unpaired) electrons. The molecular formula is C21H31Cl2N3OS. The molecule has 0 aliphatic carbocycles. The van der Waals surface area contributed by atoms with Crippen LogP contribution in [0.4, 0.5) is 0 Å². The van der Waals surface area contributed by atoms with Crippen LogP contribution in [0.15, 0.2) is 29.6 Å². The molecule has 1 saturated heterocycles. The van der Waals surface area contributed by atoms with Crippen molar-refractivity contribution in [2.75, 3.05) is 26.2 Å². The summed E-state index contributed by atoms with van der Waals surface area (Å²) < 4.78 is 0. The predicted octanol–water partition coefficient (Wildman–Crippen LogP) is 5.24. The van der Waals surface area contributed by atoms with Crippen molar-refractivity contribution in [2.45, 2.75) is 39.5 Å². The number of aromatic nitrogens is 1. The van der Waals surface area contributed by atoms with Gasteiger partial charge in [0.25, 0.3) is 5.91 Å². The minimum atomic E-state index is 0. The Morgan fingerprint density at radius 1 is 1.21 bits per heavy atom. The maximum atomic E-state index is 12.8. The van der Waals surface area contributed by atoms with Crippen molar-refractivity contribution >= 4 is 42.1 Å². The Morgan fingerprint density at radius 2 is 1.86 bits per heavy atom. The number of nitrogens with one attached hydrogen (secondary N) is 1. The van der Waals surface area contributed by atoms with Gasteiger partial charge in [-0.15, -0.1) is 36.2 Å². The lowest BCUT2D eigenvalue weighted by Gasteiger charge is -2.31. The molecule has 3 rings (SSSR count). The molecule has 1 fully saturated rings. The summed E-state index contributed by atoms with van der Waals surface area (Å²) in [6.45, 7) is 10.3. The van der Waals surface area contributed by atoms with Gasteiger partial charge in [-0.2, -0.15) is 0 Å². The average Bonchev–Trinajstić information content (AvgIpc) is 3.16. The highest BCUT2D eigenvalue weighted by Gasteiger charge is 2.25. The first-order valence-electron chi connectivity index (χ1n) is 9.64. The molecule has 0 saturated carbocycles. The first kappa shape index (κ1) is 24.9. The molecule has 1 aromatic heterocycles. The van der Waals surface area contributed by atoms with Gasteiger partial charge in [0.15, 0.2) is 0 Å². The van der Waals surface area contributed by atoms with E-state index < -0.39 is 0 Å². The van der Waals surface area contributed by atoms with Gasteiger partial charge in [0.05, 0.1) is 0 Å². The first-order chi connectivity index (χ1) is 12.6. The van der Waals surface area contributed by atoms with Crippen LogP contribution in [-0.4, -0.2) is 42.0 Å². The fraction of sp³-hybridized carbons (Fsp3) is 0.524. The Labute approximate surface area is 184 Å². The summed E-state index contributed by atoms with van der Waals surface area (Å²) in [5.74, 6) is 1.28. The van der Waals surface area contributed by atoms with E-state index in [9.17, 15) is 4.79 Å². The minimum Gasteiger partial charge on any atom is -0.337 e. The zero-order valence-electron chi connectivity index (χ0n) is 16.8.